The van der Waals surface area contributed by atoms with Crippen LogP contribution in [0.2, 0.25) is 0 Å². The number of anilines is 1. The van der Waals surface area contributed by atoms with Gasteiger partial charge in [0.25, 0.3) is 17.7 Å². The normalized spacial score (nSPS) is 17.5. The van der Waals surface area contributed by atoms with Crippen LogP contribution in [0, 0.1) is 0 Å². The lowest BCUT2D eigenvalue weighted by atomic mass is 10.0. The average molecular weight is 542 g/mol. The van der Waals surface area contributed by atoms with Crippen LogP contribution in [0.15, 0.2) is 52.5 Å². The molecule has 0 bridgehead atoms. The number of para-hydroxylation sites is 1. The molecule has 0 atom stereocenters. The molecule has 2 fully saturated rings. The first kappa shape index (κ1) is 24.6. The third-order valence-electron chi connectivity index (χ3n) is 5.70. The number of imide groups is 2. The van der Waals surface area contributed by atoms with Crippen LogP contribution in [0.5, 0.6) is 5.75 Å². The number of benzene rings is 2. The molecule has 9 nitrogen and oxygen atoms in total. The number of hydrogen-bond donors (Lipinski definition) is 1. The first-order chi connectivity index (χ1) is 16.9. The highest BCUT2D eigenvalue weighted by Gasteiger charge is 2.37. The Kier molecular flexibility index (Phi) is 7.62. The minimum absolute atomic E-state index is 0.117. The van der Waals surface area contributed by atoms with Crippen molar-refractivity contribution in [2.24, 2.45) is 0 Å². The summed E-state index contributed by atoms with van der Waals surface area (Å²) >= 11 is 3.42. The number of nitrogens with one attached hydrogen (secondary N) is 1. The SMILES string of the molecule is CCc1ccccc1N1C(=O)NC(=O)/C(=C\c2ccc(OCC(=O)N3CCOCC3)c(Br)c2)C1=O. The molecule has 2 aromatic rings. The third-order valence-corrected chi connectivity index (χ3v) is 6.32. The maximum absolute atomic E-state index is 13.2. The van der Waals surface area contributed by atoms with Gasteiger partial charge in [-0.2, -0.15) is 0 Å². The highest BCUT2D eigenvalue weighted by molar-refractivity contribution is 9.10. The topological polar surface area (TPSA) is 105 Å². The number of barbiturate groups is 1. The third kappa shape index (κ3) is 5.44. The number of amides is 5. The largest absolute Gasteiger partial charge is 0.483 e. The van der Waals surface area contributed by atoms with Gasteiger partial charge >= 0.3 is 6.03 Å². The van der Waals surface area contributed by atoms with Crippen LogP contribution in [-0.2, 0) is 25.5 Å². The molecule has 2 aliphatic heterocycles. The van der Waals surface area contributed by atoms with Crippen LogP contribution in [-0.4, -0.2) is 61.6 Å². The number of aryl methyl sites for hydroxylation is 1. The van der Waals surface area contributed by atoms with Crippen molar-refractivity contribution in [3.63, 3.8) is 0 Å². The molecule has 0 saturated carbocycles. The van der Waals surface area contributed by atoms with Gasteiger partial charge in [-0.3, -0.25) is 19.7 Å². The molecule has 0 radical (unpaired) electrons. The molecule has 10 heteroatoms. The summed E-state index contributed by atoms with van der Waals surface area (Å²) in [6.07, 6.45) is 2.03. The van der Waals surface area contributed by atoms with Gasteiger partial charge in [-0.25, -0.2) is 9.69 Å². The predicted molar refractivity (Wildman–Crippen MR) is 132 cm³/mol. The van der Waals surface area contributed by atoms with E-state index in [0.29, 0.717) is 54.2 Å². The summed E-state index contributed by atoms with van der Waals surface area (Å²) in [5, 5.41) is 2.24. The Morgan fingerprint density at radius 3 is 2.60 bits per heavy atom. The second kappa shape index (κ2) is 10.8. The smallest absolute Gasteiger partial charge is 0.335 e. The number of urea groups is 1. The molecular weight excluding hydrogens is 518 g/mol. The molecule has 35 heavy (non-hydrogen) atoms. The summed E-state index contributed by atoms with van der Waals surface area (Å²) < 4.78 is 11.5. The van der Waals surface area contributed by atoms with Crippen molar-refractivity contribution in [1.82, 2.24) is 10.2 Å². The number of halogens is 1. The number of carbonyl (C=O) groups excluding carboxylic acids is 4. The molecule has 182 valence electrons. The maximum Gasteiger partial charge on any atom is 0.335 e. The van der Waals surface area contributed by atoms with Crippen LogP contribution in [0.1, 0.15) is 18.1 Å². The molecular formula is C25H24BrN3O6. The van der Waals surface area contributed by atoms with E-state index in [-0.39, 0.29) is 18.1 Å². The number of hydrogen-bond acceptors (Lipinski definition) is 6. The maximum atomic E-state index is 13.2. The van der Waals surface area contributed by atoms with Crippen molar-refractivity contribution >= 4 is 51.4 Å². The number of nitrogens with zero attached hydrogens (tertiary/aromatic N) is 2. The molecule has 2 saturated heterocycles. The fourth-order valence-corrected chi connectivity index (χ4v) is 4.35. The molecule has 0 aromatic heterocycles. The van der Waals surface area contributed by atoms with E-state index in [1.165, 1.54) is 6.08 Å². The van der Waals surface area contributed by atoms with Crippen LogP contribution >= 0.6 is 15.9 Å². The van der Waals surface area contributed by atoms with E-state index in [9.17, 15) is 19.2 Å². The highest BCUT2D eigenvalue weighted by atomic mass is 79.9. The Morgan fingerprint density at radius 1 is 1.14 bits per heavy atom. The van der Waals surface area contributed by atoms with Crippen molar-refractivity contribution < 1.29 is 28.7 Å². The van der Waals surface area contributed by atoms with Gasteiger partial charge in [0, 0.05) is 13.1 Å². The van der Waals surface area contributed by atoms with Gasteiger partial charge in [-0.15, -0.1) is 0 Å². The standard InChI is InChI=1S/C25H24BrN3O6/c1-2-17-5-3-4-6-20(17)29-24(32)18(23(31)27-25(29)33)13-16-7-8-21(19(26)14-16)35-15-22(30)28-9-11-34-12-10-28/h3-8,13-14H,2,9-12,15H2,1H3,(H,27,31,33)/b18-13+. The zero-order valence-electron chi connectivity index (χ0n) is 19.1. The average Bonchev–Trinajstić information content (AvgIpc) is 2.86. The van der Waals surface area contributed by atoms with Crippen LogP contribution in [0.3, 0.4) is 0 Å². The monoisotopic (exact) mass is 541 g/mol. The van der Waals surface area contributed by atoms with Gasteiger partial charge < -0.3 is 14.4 Å². The van der Waals surface area contributed by atoms with Crippen molar-refractivity contribution in [1.29, 1.82) is 0 Å². The minimum Gasteiger partial charge on any atom is -0.483 e. The fourth-order valence-electron chi connectivity index (χ4n) is 3.84. The summed E-state index contributed by atoms with van der Waals surface area (Å²) in [6, 6.07) is 11.2. The summed E-state index contributed by atoms with van der Waals surface area (Å²) in [5.74, 6) is -1.15. The zero-order chi connectivity index (χ0) is 24.9. The summed E-state index contributed by atoms with van der Waals surface area (Å²) in [4.78, 5) is 53.2. The van der Waals surface area contributed by atoms with Gasteiger partial charge in [0.15, 0.2) is 6.61 Å². The van der Waals surface area contributed by atoms with E-state index >= 15 is 0 Å². The molecule has 5 amide bonds. The van der Waals surface area contributed by atoms with Gasteiger partial charge in [0.2, 0.25) is 0 Å². The van der Waals surface area contributed by atoms with Gasteiger partial charge in [0.1, 0.15) is 11.3 Å². The molecule has 4 rings (SSSR count). The lowest BCUT2D eigenvalue weighted by Gasteiger charge is -2.28. The second-order valence-electron chi connectivity index (χ2n) is 7.91. The summed E-state index contributed by atoms with van der Waals surface area (Å²) in [7, 11) is 0. The van der Waals surface area contributed by atoms with Crippen LogP contribution in [0.4, 0.5) is 10.5 Å². The van der Waals surface area contributed by atoms with E-state index in [4.69, 9.17) is 9.47 Å². The molecule has 0 unspecified atom stereocenters. The van der Waals surface area contributed by atoms with E-state index in [1.54, 1.807) is 35.2 Å². The fraction of sp³-hybridized carbons (Fsp3) is 0.280. The van der Waals surface area contributed by atoms with Crippen LogP contribution in [0.25, 0.3) is 6.08 Å². The van der Waals surface area contributed by atoms with Crippen LogP contribution < -0.4 is 15.0 Å². The highest BCUT2D eigenvalue weighted by Crippen LogP contribution is 2.29. The van der Waals surface area contributed by atoms with E-state index in [2.05, 4.69) is 21.2 Å². The Bertz CT molecular complexity index is 1210. The van der Waals surface area contributed by atoms with Crippen molar-refractivity contribution in [2.75, 3.05) is 37.8 Å². The Balaban J connectivity index is 1.52. The van der Waals surface area contributed by atoms with Gasteiger partial charge in [-0.05, 0) is 57.8 Å². The zero-order valence-corrected chi connectivity index (χ0v) is 20.7. The summed E-state index contributed by atoms with van der Waals surface area (Å²) in [6.45, 7) is 3.90. The Morgan fingerprint density at radius 2 is 1.89 bits per heavy atom. The molecule has 1 N–H and O–H groups in total. The molecule has 2 aliphatic rings. The molecule has 2 aromatic carbocycles. The van der Waals surface area contributed by atoms with E-state index < -0.39 is 17.8 Å². The lowest BCUT2D eigenvalue weighted by molar-refractivity contribution is -0.137. The Hall–Kier alpha value is -3.50. The van der Waals surface area contributed by atoms with Crippen molar-refractivity contribution in [3.05, 3.63) is 63.6 Å². The molecule has 0 spiro atoms. The molecule has 2 heterocycles. The first-order valence-electron chi connectivity index (χ1n) is 11.2. The summed E-state index contributed by atoms with van der Waals surface area (Å²) in [5.41, 5.74) is 1.62. The van der Waals surface area contributed by atoms with E-state index in [1.807, 2.05) is 19.1 Å². The predicted octanol–water partition coefficient (Wildman–Crippen LogP) is 2.92. The number of morpholine rings is 1. The number of rotatable bonds is 6. The van der Waals surface area contributed by atoms with Gasteiger partial charge in [-0.1, -0.05) is 31.2 Å². The quantitative estimate of drug-likeness (QED) is 0.445. The van der Waals surface area contributed by atoms with Crippen molar-refractivity contribution in [3.8, 4) is 5.75 Å². The minimum atomic E-state index is -0.784. The molecule has 0 aliphatic carbocycles. The lowest BCUT2D eigenvalue weighted by Crippen LogP contribution is -2.54. The Labute approximate surface area is 210 Å². The second-order valence-corrected chi connectivity index (χ2v) is 8.77. The number of ether oxygens (including phenoxy) is 2. The van der Waals surface area contributed by atoms with E-state index in [0.717, 1.165) is 10.5 Å². The van der Waals surface area contributed by atoms with Crippen molar-refractivity contribution in [2.45, 2.75) is 13.3 Å². The first-order valence-corrected chi connectivity index (χ1v) is 12.0. The van der Waals surface area contributed by atoms with Gasteiger partial charge in [0.05, 0.1) is 23.4 Å². The number of carbonyl (C=O) groups is 4.